The van der Waals surface area contributed by atoms with Crippen molar-refractivity contribution in [1.82, 2.24) is 20.1 Å². The Balaban J connectivity index is 1.55. The third-order valence-electron chi connectivity index (χ3n) is 3.65. The monoisotopic (exact) mass is 348 g/mol. The molecular formula is C16H20N4O3S. The smallest absolute Gasteiger partial charge is 0.233 e. The third kappa shape index (κ3) is 3.64. The predicted octanol–water partition coefficient (Wildman–Crippen LogP) is 2.38. The van der Waals surface area contributed by atoms with E-state index in [1.54, 1.807) is 6.33 Å². The number of nitrogens with one attached hydrogen (secondary N) is 1. The van der Waals surface area contributed by atoms with E-state index in [0.29, 0.717) is 12.3 Å². The van der Waals surface area contributed by atoms with Gasteiger partial charge in [-0.05, 0) is 38.5 Å². The van der Waals surface area contributed by atoms with Gasteiger partial charge in [0.05, 0.1) is 5.25 Å². The predicted molar refractivity (Wildman–Crippen MR) is 90.1 cm³/mol. The lowest BCUT2D eigenvalue weighted by atomic mass is 10.2. The number of aromatic nitrogens is 3. The van der Waals surface area contributed by atoms with Gasteiger partial charge in [-0.3, -0.25) is 4.79 Å². The summed E-state index contributed by atoms with van der Waals surface area (Å²) in [7, 11) is 0. The average Bonchev–Trinajstić information content (AvgIpc) is 3.20. The lowest BCUT2D eigenvalue weighted by Crippen LogP contribution is -2.30. The molecule has 3 rings (SSSR count). The van der Waals surface area contributed by atoms with Crippen LogP contribution < -0.4 is 14.8 Å². The maximum absolute atomic E-state index is 12.3. The fourth-order valence-corrected chi connectivity index (χ4v) is 3.25. The van der Waals surface area contributed by atoms with Crippen LogP contribution in [0.4, 0.5) is 0 Å². The molecule has 0 bridgehead atoms. The molecule has 0 saturated carbocycles. The van der Waals surface area contributed by atoms with Crippen LogP contribution in [0.15, 0.2) is 29.7 Å². The number of hydrogen-bond donors (Lipinski definition) is 1. The van der Waals surface area contributed by atoms with Gasteiger partial charge in [0.2, 0.25) is 12.7 Å². The summed E-state index contributed by atoms with van der Waals surface area (Å²) < 4.78 is 12.6. The molecule has 2 aromatic rings. The van der Waals surface area contributed by atoms with Gasteiger partial charge in [0.25, 0.3) is 0 Å². The van der Waals surface area contributed by atoms with Crippen molar-refractivity contribution in [3.8, 4) is 11.5 Å². The van der Waals surface area contributed by atoms with Crippen molar-refractivity contribution in [1.29, 1.82) is 0 Å². The maximum Gasteiger partial charge on any atom is 0.233 e. The van der Waals surface area contributed by atoms with E-state index in [4.69, 9.17) is 9.47 Å². The van der Waals surface area contributed by atoms with Crippen molar-refractivity contribution >= 4 is 17.7 Å². The van der Waals surface area contributed by atoms with Crippen molar-refractivity contribution in [2.45, 2.75) is 43.8 Å². The normalized spacial score (nSPS) is 14.0. The van der Waals surface area contributed by atoms with Crippen LogP contribution in [-0.4, -0.2) is 32.7 Å². The number of carbonyl (C=O) groups excluding carboxylic acids is 1. The summed E-state index contributed by atoms with van der Waals surface area (Å²) in [6, 6.07) is 5.91. The van der Waals surface area contributed by atoms with Gasteiger partial charge in [0.15, 0.2) is 16.7 Å². The van der Waals surface area contributed by atoms with Gasteiger partial charge in [-0.2, -0.15) is 0 Å². The van der Waals surface area contributed by atoms with E-state index in [1.165, 1.54) is 11.8 Å². The molecule has 0 saturated heterocycles. The molecule has 0 fully saturated rings. The molecule has 1 amide bonds. The summed E-state index contributed by atoms with van der Waals surface area (Å²) >= 11 is 1.40. The maximum atomic E-state index is 12.3. The molecule has 0 aliphatic carbocycles. The second kappa shape index (κ2) is 7.12. The van der Waals surface area contributed by atoms with Gasteiger partial charge >= 0.3 is 0 Å². The molecule has 1 aromatic carbocycles. The van der Waals surface area contributed by atoms with E-state index in [-0.39, 0.29) is 24.0 Å². The van der Waals surface area contributed by atoms with Gasteiger partial charge in [-0.15, -0.1) is 10.2 Å². The number of carbonyl (C=O) groups is 1. The van der Waals surface area contributed by atoms with Gasteiger partial charge < -0.3 is 19.4 Å². The highest BCUT2D eigenvalue weighted by Gasteiger charge is 2.19. The molecule has 8 heteroatoms. The SMILES string of the molecule is CC(Sc1nncn1C(C)C)C(=O)NCc1ccc2c(c1)OCO2. The molecule has 2 heterocycles. The average molecular weight is 348 g/mol. The second-order valence-electron chi connectivity index (χ2n) is 5.78. The minimum atomic E-state index is -0.263. The van der Waals surface area contributed by atoms with E-state index in [1.807, 2.05) is 29.7 Å². The minimum Gasteiger partial charge on any atom is -0.454 e. The van der Waals surface area contributed by atoms with Gasteiger partial charge in [0.1, 0.15) is 6.33 Å². The summed E-state index contributed by atoms with van der Waals surface area (Å²) in [5.41, 5.74) is 0.968. The Labute approximate surface area is 144 Å². The lowest BCUT2D eigenvalue weighted by Gasteiger charge is -2.14. The first-order chi connectivity index (χ1) is 11.5. The highest BCUT2D eigenvalue weighted by atomic mass is 32.2. The fourth-order valence-electron chi connectivity index (χ4n) is 2.27. The van der Waals surface area contributed by atoms with Gasteiger partial charge in [-0.25, -0.2) is 0 Å². The lowest BCUT2D eigenvalue weighted by molar-refractivity contribution is -0.120. The number of amides is 1. The first-order valence-corrected chi connectivity index (χ1v) is 8.65. The topological polar surface area (TPSA) is 78.3 Å². The number of benzene rings is 1. The Morgan fingerprint density at radius 1 is 1.33 bits per heavy atom. The standard InChI is InChI=1S/C16H20N4O3S/c1-10(2)20-8-18-19-16(20)24-11(3)15(21)17-7-12-4-5-13-14(6-12)23-9-22-13/h4-6,8,10-11H,7,9H2,1-3H3,(H,17,21). The van der Waals surface area contributed by atoms with Crippen LogP contribution in [-0.2, 0) is 11.3 Å². The Hall–Kier alpha value is -2.22. The minimum absolute atomic E-state index is 0.0454. The number of hydrogen-bond acceptors (Lipinski definition) is 6. The van der Waals surface area contributed by atoms with Crippen LogP contribution in [0.25, 0.3) is 0 Å². The Morgan fingerprint density at radius 2 is 2.12 bits per heavy atom. The molecule has 0 spiro atoms. The molecule has 24 heavy (non-hydrogen) atoms. The van der Waals surface area contributed by atoms with Crippen molar-refractivity contribution in [3.63, 3.8) is 0 Å². The summed E-state index contributed by atoms with van der Waals surface area (Å²) in [5.74, 6) is 1.41. The number of thioether (sulfide) groups is 1. The summed E-state index contributed by atoms with van der Waals surface area (Å²) in [6.07, 6.45) is 1.68. The molecular weight excluding hydrogens is 328 g/mol. The number of rotatable bonds is 6. The van der Waals surface area contributed by atoms with Crippen LogP contribution in [0.5, 0.6) is 11.5 Å². The van der Waals surface area contributed by atoms with Crippen molar-refractivity contribution in [3.05, 3.63) is 30.1 Å². The number of ether oxygens (including phenoxy) is 2. The zero-order valence-corrected chi connectivity index (χ0v) is 14.7. The zero-order chi connectivity index (χ0) is 17.1. The summed E-state index contributed by atoms with van der Waals surface area (Å²) in [5, 5.41) is 11.4. The van der Waals surface area contributed by atoms with Crippen LogP contribution in [0, 0.1) is 0 Å². The van der Waals surface area contributed by atoms with E-state index in [0.717, 1.165) is 16.5 Å². The Bertz CT molecular complexity index is 732. The molecule has 7 nitrogen and oxygen atoms in total. The van der Waals surface area contributed by atoms with Gasteiger partial charge in [-0.1, -0.05) is 17.8 Å². The van der Waals surface area contributed by atoms with Crippen LogP contribution in [0.2, 0.25) is 0 Å². The molecule has 1 N–H and O–H groups in total. The molecule has 128 valence electrons. The van der Waals surface area contributed by atoms with Crippen molar-refractivity contribution < 1.29 is 14.3 Å². The number of fused-ring (bicyclic) bond motifs is 1. The van der Waals surface area contributed by atoms with Crippen LogP contribution >= 0.6 is 11.8 Å². The largest absolute Gasteiger partial charge is 0.454 e. The zero-order valence-electron chi connectivity index (χ0n) is 13.9. The van der Waals surface area contributed by atoms with Crippen molar-refractivity contribution in [2.24, 2.45) is 0 Å². The first-order valence-electron chi connectivity index (χ1n) is 7.77. The van der Waals surface area contributed by atoms with E-state index < -0.39 is 0 Å². The fraction of sp³-hybridized carbons (Fsp3) is 0.438. The Kier molecular flexibility index (Phi) is 4.94. The number of nitrogens with zero attached hydrogens (tertiary/aromatic N) is 3. The van der Waals surface area contributed by atoms with Gasteiger partial charge in [0, 0.05) is 12.6 Å². The molecule has 1 aliphatic heterocycles. The van der Waals surface area contributed by atoms with E-state index in [2.05, 4.69) is 29.4 Å². The van der Waals surface area contributed by atoms with E-state index >= 15 is 0 Å². The summed E-state index contributed by atoms with van der Waals surface area (Å²) in [6.45, 7) is 6.65. The molecule has 1 aliphatic rings. The van der Waals surface area contributed by atoms with Crippen molar-refractivity contribution in [2.75, 3.05) is 6.79 Å². The Morgan fingerprint density at radius 3 is 2.92 bits per heavy atom. The molecule has 1 aromatic heterocycles. The van der Waals surface area contributed by atoms with Crippen LogP contribution in [0.1, 0.15) is 32.4 Å². The summed E-state index contributed by atoms with van der Waals surface area (Å²) in [4.78, 5) is 12.3. The highest BCUT2D eigenvalue weighted by Crippen LogP contribution is 2.32. The highest BCUT2D eigenvalue weighted by molar-refractivity contribution is 8.00. The van der Waals surface area contributed by atoms with Crippen LogP contribution in [0.3, 0.4) is 0 Å². The second-order valence-corrected chi connectivity index (χ2v) is 7.09. The first kappa shape index (κ1) is 16.6. The molecule has 1 unspecified atom stereocenters. The molecule has 1 atom stereocenters. The third-order valence-corrected chi connectivity index (χ3v) is 4.72. The van der Waals surface area contributed by atoms with E-state index in [9.17, 15) is 4.79 Å². The quantitative estimate of drug-likeness (QED) is 0.808. The molecule has 0 radical (unpaired) electrons.